The quantitative estimate of drug-likeness (QED) is 0.405. The average Bonchev–Trinajstić information content (AvgIpc) is 2.62. The van der Waals surface area contributed by atoms with Crippen molar-refractivity contribution >= 4 is 5.69 Å². The van der Waals surface area contributed by atoms with Gasteiger partial charge >= 0.3 is 0 Å². The molecule has 0 aromatic heterocycles. The van der Waals surface area contributed by atoms with Crippen molar-refractivity contribution in [3.8, 4) is 11.1 Å². The van der Waals surface area contributed by atoms with Gasteiger partial charge in [-0.3, -0.25) is 0 Å². The second-order valence-electron chi connectivity index (χ2n) is 7.08. The summed E-state index contributed by atoms with van der Waals surface area (Å²) in [7, 11) is 1.87. The fraction of sp³-hybridized carbons (Fsp3) is 0.333. The summed E-state index contributed by atoms with van der Waals surface area (Å²) in [5, 5.41) is 6.36. The van der Waals surface area contributed by atoms with E-state index in [0.29, 0.717) is 5.92 Å². The highest BCUT2D eigenvalue weighted by Crippen LogP contribution is 2.33. The van der Waals surface area contributed by atoms with Crippen molar-refractivity contribution in [2.75, 3.05) is 12.4 Å². The molecule has 0 unspecified atom stereocenters. The van der Waals surface area contributed by atoms with Gasteiger partial charge in [0.25, 0.3) is 0 Å². The Morgan fingerprint density at radius 2 is 1.92 bits per heavy atom. The summed E-state index contributed by atoms with van der Waals surface area (Å²) >= 11 is 0. The Bertz CT molecular complexity index is 772. The largest absolute Gasteiger partial charge is 0.375 e. The van der Waals surface area contributed by atoms with Crippen LogP contribution in [0.5, 0.6) is 0 Å². The number of benzene rings is 2. The number of nitrogens with one attached hydrogen (secondary N) is 2. The molecule has 0 spiro atoms. The molecular weight excluding hydrogens is 316 g/mol. The summed E-state index contributed by atoms with van der Waals surface area (Å²) in [5.74, 6) is 1.33. The summed E-state index contributed by atoms with van der Waals surface area (Å²) in [5.41, 5.74) is 7.90. The molecule has 0 bridgehead atoms. The Morgan fingerprint density at radius 1 is 1.15 bits per heavy atom. The summed E-state index contributed by atoms with van der Waals surface area (Å²) in [6.45, 7) is 14.6. The zero-order chi connectivity index (χ0) is 19.1. The van der Waals surface area contributed by atoms with Crippen LogP contribution in [-0.4, -0.2) is 7.05 Å². The number of hydrogen-bond donors (Lipinski definition) is 2. The topological polar surface area (TPSA) is 24.1 Å². The molecule has 2 aromatic rings. The van der Waals surface area contributed by atoms with E-state index in [1.165, 1.54) is 27.8 Å². The third-order valence-electron chi connectivity index (χ3n) is 4.84. The molecule has 0 saturated carbocycles. The lowest BCUT2D eigenvalue weighted by Gasteiger charge is -2.18. The SMILES string of the molecule is C=CCCCc1cc(NC(=C)NC)ccc1-c1cccc(C(C)C)c1C. The van der Waals surface area contributed by atoms with E-state index < -0.39 is 0 Å². The fourth-order valence-electron chi connectivity index (χ4n) is 3.39. The van der Waals surface area contributed by atoms with Crippen LogP contribution in [0.25, 0.3) is 11.1 Å². The number of unbranched alkanes of at least 4 members (excludes halogenated alkanes) is 1. The molecule has 0 heterocycles. The van der Waals surface area contributed by atoms with Crippen LogP contribution in [0.1, 0.15) is 49.3 Å². The number of aryl methyl sites for hydroxylation is 1. The maximum absolute atomic E-state index is 3.96. The predicted octanol–water partition coefficient (Wildman–Crippen LogP) is 6.40. The van der Waals surface area contributed by atoms with Gasteiger partial charge in [-0.25, -0.2) is 0 Å². The lowest BCUT2D eigenvalue weighted by Crippen LogP contribution is -2.13. The van der Waals surface area contributed by atoms with E-state index in [0.717, 1.165) is 30.8 Å². The van der Waals surface area contributed by atoms with Gasteiger partial charge in [-0.05, 0) is 72.1 Å². The number of anilines is 1. The van der Waals surface area contributed by atoms with Crippen molar-refractivity contribution in [2.24, 2.45) is 0 Å². The molecule has 26 heavy (non-hydrogen) atoms. The van der Waals surface area contributed by atoms with Crippen LogP contribution in [0.15, 0.2) is 61.5 Å². The second-order valence-corrected chi connectivity index (χ2v) is 7.08. The molecule has 2 nitrogen and oxygen atoms in total. The highest BCUT2D eigenvalue weighted by molar-refractivity contribution is 5.74. The third-order valence-corrected chi connectivity index (χ3v) is 4.84. The Kier molecular flexibility index (Phi) is 7.08. The van der Waals surface area contributed by atoms with E-state index in [9.17, 15) is 0 Å². The Morgan fingerprint density at radius 3 is 2.58 bits per heavy atom. The summed E-state index contributed by atoms with van der Waals surface area (Å²) < 4.78 is 0. The van der Waals surface area contributed by atoms with E-state index in [4.69, 9.17) is 0 Å². The first-order valence-corrected chi connectivity index (χ1v) is 9.45. The third kappa shape index (κ3) is 4.78. The Labute approximate surface area is 159 Å². The lowest BCUT2D eigenvalue weighted by atomic mass is 9.88. The first-order chi connectivity index (χ1) is 12.5. The minimum atomic E-state index is 0.527. The molecule has 2 N–H and O–H groups in total. The summed E-state index contributed by atoms with van der Waals surface area (Å²) in [6, 6.07) is 13.3. The number of allylic oxidation sites excluding steroid dienone is 1. The monoisotopic (exact) mass is 348 g/mol. The van der Waals surface area contributed by atoms with Gasteiger partial charge in [-0.1, -0.05) is 50.8 Å². The zero-order valence-corrected chi connectivity index (χ0v) is 16.7. The van der Waals surface area contributed by atoms with E-state index >= 15 is 0 Å². The number of rotatable bonds is 9. The zero-order valence-electron chi connectivity index (χ0n) is 16.7. The standard InChI is InChI=1S/C24H32N2/c1-7-8-9-11-20-16-21(26-19(5)25-6)14-15-24(20)23-13-10-12-22(17(2)3)18(23)4/h7,10,12-17,25-26H,1,5,8-9,11H2,2-4,6H3. The molecule has 0 fully saturated rings. The first-order valence-electron chi connectivity index (χ1n) is 9.45. The Balaban J connectivity index is 2.47. The minimum Gasteiger partial charge on any atom is -0.375 e. The fourth-order valence-corrected chi connectivity index (χ4v) is 3.39. The van der Waals surface area contributed by atoms with Gasteiger partial charge in [-0.15, -0.1) is 6.58 Å². The molecule has 0 saturated heterocycles. The number of hydrogen-bond acceptors (Lipinski definition) is 2. The molecule has 0 amide bonds. The molecule has 2 heteroatoms. The van der Waals surface area contributed by atoms with Crippen LogP contribution in [0, 0.1) is 6.92 Å². The Hall–Kier alpha value is -2.48. The normalized spacial score (nSPS) is 10.7. The van der Waals surface area contributed by atoms with E-state index in [-0.39, 0.29) is 0 Å². The van der Waals surface area contributed by atoms with Crippen LogP contribution in [0.4, 0.5) is 5.69 Å². The van der Waals surface area contributed by atoms with Gasteiger partial charge in [0.1, 0.15) is 0 Å². The van der Waals surface area contributed by atoms with Gasteiger partial charge in [-0.2, -0.15) is 0 Å². The van der Waals surface area contributed by atoms with Crippen LogP contribution in [0.2, 0.25) is 0 Å². The van der Waals surface area contributed by atoms with Crippen molar-refractivity contribution < 1.29 is 0 Å². The molecule has 0 radical (unpaired) electrons. The maximum atomic E-state index is 3.96. The van der Waals surface area contributed by atoms with Gasteiger partial charge in [0, 0.05) is 12.7 Å². The lowest BCUT2D eigenvalue weighted by molar-refractivity contribution is 0.844. The molecule has 0 aliphatic rings. The van der Waals surface area contributed by atoms with Crippen LogP contribution >= 0.6 is 0 Å². The molecule has 0 aliphatic carbocycles. The molecule has 2 rings (SSSR count). The van der Waals surface area contributed by atoms with Crippen LogP contribution in [0.3, 0.4) is 0 Å². The highest BCUT2D eigenvalue weighted by Gasteiger charge is 2.12. The summed E-state index contributed by atoms with van der Waals surface area (Å²) in [4.78, 5) is 0. The van der Waals surface area contributed by atoms with Gasteiger partial charge in [0.2, 0.25) is 0 Å². The highest BCUT2D eigenvalue weighted by atomic mass is 15.1. The van der Waals surface area contributed by atoms with Crippen LogP contribution in [-0.2, 0) is 6.42 Å². The van der Waals surface area contributed by atoms with Crippen molar-refractivity contribution in [1.82, 2.24) is 5.32 Å². The van der Waals surface area contributed by atoms with Gasteiger partial charge < -0.3 is 10.6 Å². The second kappa shape index (κ2) is 9.28. The molecule has 0 aliphatic heterocycles. The van der Waals surface area contributed by atoms with Gasteiger partial charge in [0.15, 0.2) is 0 Å². The van der Waals surface area contributed by atoms with E-state index in [1.54, 1.807) is 0 Å². The van der Waals surface area contributed by atoms with Crippen molar-refractivity contribution in [1.29, 1.82) is 0 Å². The van der Waals surface area contributed by atoms with Crippen molar-refractivity contribution in [2.45, 2.75) is 46.0 Å². The minimum absolute atomic E-state index is 0.527. The van der Waals surface area contributed by atoms with Crippen LogP contribution < -0.4 is 10.6 Å². The van der Waals surface area contributed by atoms with E-state index in [2.05, 4.69) is 81.0 Å². The first kappa shape index (κ1) is 19.8. The van der Waals surface area contributed by atoms with E-state index in [1.807, 2.05) is 13.1 Å². The molecule has 0 atom stereocenters. The molecule has 2 aromatic carbocycles. The predicted molar refractivity (Wildman–Crippen MR) is 116 cm³/mol. The van der Waals surface area contributed by atoms with Crippen molar-refractivity contribution in [3.63, 3.8) is 0 Å². The molecule has 138 valence electrons. The summed E-state index contributed by atoms with van der Waals surface area (Å²) in [6.07, 6.45) is 5.17. The molecular formula is C24H32N2. The van der Waals surface area contributed by atoms with Crippen molar-refractivity contribution in [3.05, 3.63) is 78.1 Å². The van der Waals surface area contributed by atoms with Gasteiger partial charge in [0.05, 0.1) is 5.82 Å². The smallest absolute Gasteiger partial charge is 0.0954 e. The maximum Gasteiger partial charge on any atom is 0.0954 e. The average molecular weight is 349 g/mol.